The van der Waals surface area contributed by atoms with E-state index in [-0.39, 0.29) is 21.7 Å². The molecule has 3 nitrogen and oxygen atoms in total. The van der Waals surface area contributed by atoms with Crippen LogP contribution in [0.3, 0.4) is 0 Å². The number of allylic oxidation sites excluding steroid dienone is 1. The Labute approximate surface area is 156 Å². The van der Waals surface area contributed by atoms with Gasteiger partial charge in [0.2, 0.25) is 0 Å². The monoisotopic (exact) mass is 392 g/mol. The normalized spacial score (nSPS) is 19.8. The van der Waals surface area contributed by atoms with Crippen LogP contribution in [-0.4, -0.2) is 11.0 Å². The van der Waals surface area contributed by atoms with Crippen LogP contribution in [0.15, 0.2) is 59.1 Å². The van der Waals surface area contributed by atoms with Gasteiger partial charge in [-0.3, -0.25) is 4.79 Å². The fourth-order valence-corrected chi connectivity index (χ4v) is 4.26. The lowest BCUT2D eigenvalue weighted by Gasteiger charge is -2.22. The summed E-state index contributed by atoms with van der Waals surface area (Å²) in [5.41, 5.74) is 4.79. The number of carbonyl (C=O) groups excluding carboxylic acids is 1. The van der Waals surface area contributed by atoms with Crippen LogP contribution < -0.4 is 5.73 Å². The molecule has 2 atom stereocenters. The van der Waals surface area contributed by atoms with Gasteiger partial charge in [0.1, 0.15) is 5.82 Å². The number of rotatable bonds is 3. The fourth-order valence-electron chi connectivity index (χ4n) is 3.03. The first-order chi connectivity index (χ1) is 12.7. The number of benzene rings is 2. The predicted molar refractivity (Wildman–Crippen MR) is 93.1 cm³/mol. The van der Waals surface area contributed by atoms with Gasteiger partial charge in [-0.15, -0.1) is 0 Å². The zero-order chi connectivity index (χ0) is 19.8. The topological polar surface area (TPSA) is 66.9 Å². The quantitative estimate of drug-likeness (QED) is 0.611. The fraction of sp³-hybridized carbons (Fsp3) is 0.158. The number of nitrogens with two attached hydrogens (primary N) is 1. The van der Waals surface area contributed by atoms with Crippen LogP contribution in [0, 0.1) is 17.1 Å². The molecule has 0 spiro atoms. The summed E-state index contributed by atoms with van der Waals surface area (Å²) >= 11 is 0.852. The highest BCUT2D eigenvalue weighted by Crippen LogP contribution is 2.49. The molecule has 138 valence electrons. The Morgan fingerprint density at radius 1 is 1.11 bits per heavy atom. The number of carbonyl (C=O) groups is 1. The number of Topliss-reactive ketones (excluding diaryl/α,β-unsaturated/α-hetero) is 1. The van der Waals surface area contributed by atoms with Crippen LogP contribution in [0.25, 0.3) is 0 Å². The van der Waals surface area contributed by atoms with Gasteiger partial charge in [0, 0.05) is 11.5 Å². The largest absolute Gasteiger partial charge is 0.416 e. The van der Waals surface area contributed by atoms with E-state index in [0.717, 1.165) is 30.0 Å². The molecule has 2 N–H and O–H groups in total. The van der Waals surface area contributed by atoms with Gasteiger partial charge >= 0.3 is 6.18 Å². The van der Waals surface area contributed by atoms with Crippen molar-refractivity contribution in [2.24, 2.45) is 5.73 Å². The Balaban J connectivity index is 2.11. The van der Waals surface area contributed by atoms with Crippen LogP contribution >= 0.6 is 11.8 Å². The Kier molecular flexibility index (Phi) is 4.98. The third-order valence-corrected chi connectivity index (χ3v) is 5.46. The minimum Gasteiger partial charge on any atom is -0.393 e. The summed E-state index contributed by atoms with van der Waals surface area (Å²) in [6.45, 7) is 0. The van der Waals surface area contributed by atoms with Crippen LogP contribution in [0.1, 0.15) is 27.4 Å². The van der Waals surface area contributed by atoms with E-state index in [4.69, 9.17) is 5.73 Å². The second kappa shape index (κ2) is 7.08. The highest BCUT2D eigenvalue weighted by atomic mass is 32.2. The number of halogens is 4. The van der Waals surface area contributed by atoms with E-state index in [9.17, 15) is 27.6 Å². The van der Waals surface area contributed by atoms with Gasteiger partial charge in [0.05, 0.1) is 27.5 Å². The molecule has 0 aromatic heterocycles. The molecule has 0 aliphatic carbocycles. The third-order valence-electron chi connectivity index (χ3n) is 4.24. The summed E-state index contributed by atoms with van der Waals surface area (Å²) < 4.78 is 53.5. The first-order valence-corrected chi connectivity index (χ1v) is 8.64. The van der Waals surface area contributed by atoms with Crippen molar-refractivity contribution in [1.82, 2.24) is 0 Å². The van der Waals surface area contributed by atoms with E-state index in [1.54, 1.807) is 0 Å². The first kappa shape index (κ1) is 19.0. The maximum absolute atomic E-state index is 13.5. The number of alkyl halides is 3. The second-order valence-corrected chi connectivity index (χ2v) is 7.05. The van der Waals surface area contributed by atoms with Crippen molar-refractivity contribution in [1.29, 1.82) is 5.26 Å². The Morgan fingerprint density at radius 2 is 1.74 bits per heavy atom. The van der Waals surface area contributed by atoms with E-state index >= 15 is 0 Å². The van der Waals surface area contributed by atoms with Gasteiger partial charge in [-0.05, 0) is 35.9 Å². The Hall–Kier alpha value is -2.79. The SMILES string of the molecule is N#CC1=C(N)S[C@@H](C(=O)c2ccc(F)cc2)[C@@H]1c1ccccc1C(F)(F)F. The van der Waals surface area contributed by atoms with Crippen molar-refractivity contribution in [3.05, 3.63) is 81.6 Å². The first-order valence-electron chi connectivity index (χ1n) is 7.76. The Bertz CT molecular complexity index is 961. The van der Waals surface area contributed by atoms with Crippen LogP contribution in [0.5, 0.6) is 0 Å². The summed E-state index contributed by atoms with van der Waals surface area (Å²) in [7, 11) is 0. The molecular weight excluding hydrogens is 380 g/mol. The molecule has 0 bridgehead atoms. The molecule has 3 rings (SSSR count). The molecule has 0 saturated carbocycles. The number of ketones is 1. The van der Waals surface area contributed by atoms with Crippen molar-refractivity contribution >= 4 is 17.5 Å². The summed E-state index contributed by atoms with van der Waals surface area (Å²) in [5.74, 6) is -2.20. The van der Waals surface area contributed by atoms with Gasteiger partial charge in [0.15, 0.2) is 5.78 Å². The molecule has 1 aliphatic heterocycles. The highest BCUT2D eigenvalue weighted by molar-refractivity contribution is 8.04. The van der Waals surface area contributed by atoms with Crippen molar-refractivity contribution in [3.8, 4) is 6.07 Å². The maximum atomic E-state index is 13.5. The zero-order valence-electron chi connectivity index (χ0n) is 13.6. The summed E-state index contributed by atoms with van der Waals surface area (Å²) in [6, 6.07) is 11.3. The number of hydrogen-bond acceptors (Lipinski definition) is 4. The van der Waals surface area contributed by atoms with Gasteiger partial charge in [-0.1, -0.05) is 30.0 Å². The minimum atomic E-state index is -4.65. The molecule has 0 amide bonds. The van der Waals surface area contributed by atoms with Crippen molar-refractivity contribution < 1.29 is 22.4 Å². The van der Waals surface area contributed by atoms with E-state index in [1.165, 1.54) is 30.3 Å². The van der Waals surface area contributed by atoms with Crippen LogP contribution in [0.2, 0.25) is 0 Å². The number of hydrogen-bond donors (Lipinski definition) is 1. The van der Waals surface area contributed by atoms with E-state index in [0.29, 0.717) is 0 Å². The second-order valence-electron chi connectivity index (χ2n) is 5.86. The third kappa shape index (κ3) is 3.55. The molecule has 1 aliphatic rings. The molecule has 1 heterocycles. The lowest BCUT2D eigenvalue weighted by molar-refractivity contribution is -0.138. The molecule has 27 heavy (non-hydrogen) atoms. The molecule has 0 fully saturated rings. The van der Waals surface area contributed by atoms with E-state index in [2.05, 4.69) is 0 Å². The molecular formula is C19H12F4N2OS. The summed E-state index contributed by atoms with van der Waals surface area (Å²) in [5, 5.41) is 8.39. The molecule has 2 aromatic rings. The van der Waals surface area contributed by atoms with E-state index in [1.807, 2.05) is 6.07 Å². The Morgan fingerprint density at radius 3 is 2.33 bits per heavy atom. The highest BCUT2D eigenvalue weighted by Gasteiger charge is 2.45. The minimum absolute atomic E-state index is 0.0138. The van der Waals surface area contributed by atoms with Crippen molar-refractivity contribution in [2.75, 3.05) is 0 Å². The summed E-state index contributed by atoms with van der Waals surface area (Å²) in [6.07, 6.45) is -4.65. The predicted octanol–water partition coefficient (Wildman–Crippen LogP) is 4.62. The average Bonchev–Trinajstić information content (AvgIpc) is 2.97. The van der Waals surface area contributed by atoms with Gasteiger partial charge < -0.3 is 5.73 Å². The summed E-state index contributed by atoms with van der Waals surface area (Å²) in [4.78, 5) is 12.9. The van der Waals surface area contributed by atoms with Crippen LogP contribution in [0.4, 0.5) is 17.6 Å². The average molecular weight is 392 g/mol. The zero-order valence-corrected chi connectivity index (χ0v) is 14.4. The maximum Gasteiger partial charge on any atom is 0.416 e. The van der Waals surface area contributed by atoms with Gasteiger partial charge in [-0.25, -0.2) is 4.39 Å². The van der Waals surface area contributed by atoms with Gasteiger partial charge in [-0.2, -0.15) is 18.4 Å². The number of nitriles is 1. The van der Waals surface area contributed by atoms with Crippen LogP contribution in [-0.2, 0) is 6.18 Å². The molecule has 0 saturated heterocycles. The van der Waals surface area contributed by atoms with Crippen molar-refractivity contribution in [2.45, 2.75) is 17.3 Å². The molecule has 8 heteroatoms. The van der Waals surface area contributed by atoms with Gasteiger partial charge in [0.25, 0.3) is 0 Å². The number of thioether (sulfide) groups is 1. The molecule has 2 aromatic carbocycles. The van der Waals surface area contributed by atoms with E-state index < -0.39 is 34.5 Å². The van der Waals surface area contributed by atoms with Crippen molar-refractivity contribution in [3.63, 3.8) is 0 Å². The smallest absolute Gasteiger partial charge is 0.393 e. The lowest BCUT2D eigenvalue weighted by atomic mass is 9.83. The molecule has 0 unspecified atom stereocenters. The lowest BCUT2D eigenvalue weighted by Crippen LogP contribution is -2.25. The standard InChI is InChI=1S/C19H12F4N2OS/c20-11-7-5-10(6-8-11)16(26)17-15(13(9-24)18(25)27-17)12-3-1-2-4-14(12)19(21,22)23/h1-8,15,17H,25H2/t15-,17-/m1/s1. The molecule has 0 radical (unpaired) electrons. The number of nitrogens with zero attached hydrogens (tertiary/aromatic N) is 1.